The number of aldehydes is 1. The van der Waals surface area contributed by atoms with E-state index in [1.54, 1.807) is 24.3 Å². The predicted molar refractivity (Wildman–Crippen MR) is 73.6 cm³/mol. The smallest absolute Gasteiger partial charge is 0.336 e. The molecule has 0 saturated carbocycles. The maximum absolute atomic E-state index is 12.1. The molecule has 0 unspecified atom stereocenters. The van der Waals surface area contributed by atoms with Gasteiger partial charge >= 0.3 is 5.69 Å². The summed E-state index contributed by atoms with van der Waals surface area (Å²) < 4.78 is 6.96. The number of rotatable bonds is 3. The molecule has 2 N–H and O–H groups in total. The molecule has 0 aliphatic carbocycles. The molecule has 20 heavy (non-hydrogen) atoms. The number of nitrogens with two attached hydrogens (primary N) is 1. The summed E-state index contributed by atoms with van der Waals surface area (Å²) in [6.45, 7) is 0. The van der Waals surface area contributed by atoms with Gasteiger partial charge in [0.15, 0.2) is 6.29 Å². The monoisotopic (exact) mass is 275 g/mol. The van der Waals surface area contributed by atoms with Crippen molar-refractivity contribution in [2.45, 2.75) is 0 Å². The van der Waals surface area contributed by atoms with Crippen LogP contribution < -0.4 is 21.7 Å². The van der Waals surface area contributed by atoms with Crippen molar-refractivity contribution in [3.63, 3.8) is 0 Å². The van der Waals surface area contributed by atoms with Crippen molar-refractivity contribution >= 4 is 12.1 Å². The molecule has 2 aromatic rings. The zero-order chi connectivity index (χ0) is 14.9. The summed E-state index contributed by atoms with van der Waals surface area (Å²) in [7, 11) is 2.81. The summed E-state index contributed by atoms with van der Waals surface area (Å²) in [6.07, 6.45) is 0.344. The van der Waals surface area contributed by atoms with Gasteiger partial charge in [0.25, 0.3) is 5.56 Å². The fourth-order valence-corrected chi connectivity index (χ4v) is 1.84. The fraction of sp³-hybridized carbons (Fsp3) is 0.154. The van der Waals surface area contributed by atoms with E-state index in [9.17, 15) is 14.4 Å². The Morgan fingerprint density at radius 2 is 1.80 bits per heavy atom. The SMILES string of the molecule is COc1ccc(-n2c(N)c(C=O)c(=O)n(C)c2=O)cc1. The van der Waals surface area contributed by atoms with Gasteiger partial charge in [0.2, 0.25) is 0 Å². The van der Waals surface area contributed by atoms with Crippen LogP contribution in [0.15, 0.2) is 33.9 Å². The van der Waals surface area contributed by atoms with Crippen LogP contribution in [0.3, 0.4) is 0 Å². The van der Waals surface area contributed by atoms with Crippen molar-refractivity contribution in [2.24, 2.45) is 7.05 Å². The van der Waals surface area contributed by atoms with Crippen LogP contribution in [0.5, 0.6) is 5.75 Å². The van der Waals surface area contributed by atoms with E-state index in [1.165, 1.54) is 14.2 Å². The van der Waals surface area contributed by atoms with Gasteiger partial charge in [-0.15, -0.1) is 0 Å². The zero-order valence-corrected chi connectivity index (χ0v) is 11.0. The Morgan fingerprint density at radius 1 is 1.20 bits per heavy atom. The second kappa shape index (κ2) is 5.04. The molecule has 7 heteroatoms. The highest BCUT2D eigenvalue weighted by Gasteiger charge is 2.15. The summed E-state index contributed by atoms with van der Waals surface area (Å²) in [4.78, 5) is 34.8. The third-order valence-corrected chi connectivity index (χ3v) is 2.98. The molecule has 7 nitrogen and oxygen atoms in total. The lowest BCUT2D eigenvalue weighted by Crippen LogP contribution is -2.40. The lowest BCUT2D eigenvalue weighted by atomic mass is 10.2. The normalized spacial score (nSPS) is 10.3. The molecule has 1 heterocycles. The summed E-state index contributed by atoms with van der Waals surface area (Å²) in [5.74, 6) is 0.430. The molecule has 0 fully saturated rings. The summed E-state index contributed by atoms with van der Waals surface area (Å²) in [6, 6.07) is 6.51. The standard InChI is InChI=1S/C13H13N3O4/c1-15-12(18)10(7-17)11(14)16(13(15)19)8-3-5-9(20-2)6-4-8/h3-7H,14H2,1-2H3. The Labute approximate surface area is 113 Å². The number of aromatic nitrogens is 2. The zero-order valence-electron chi connectivity index (χ0n) is 11.0. The average Bonchev–Trinajstić information content (AvgIpc) is 2.46. The summed E-state index contributed by atoms with van der Waals surface area (Å²) in [5, 5.41) is 0. The van der Waals surface area contributed by atoms with Crippen molar-refractivity contribution in [1.82, 2.24) is 9.13 Å². The van der Waals surface area contributed by atoms with E-state index in [-0.39, 0.29) is 11.4 Å². The summed E-state index contributed by atoms with van der Waals surface area (Å²) >= 11 is 0. The van der Waals surface area contributed by atoms with Crippen molar-refractivity contribution < 1.29 is 9.53 Å². The minimum Gasteiger partial charge on any atom is -0.497 e. The quantitative estimate of drug-likeness (QED) is 0.791. The van der Waals surface area contributed by atoms with Crippen LogP contribution in [-0.4, -0.2) is 22.5 Å². The lowest BCUT2D eigenvalue weighted by molar-refractivity contribution is 0.112. The van der Waals surface area contributed by atoms with Crippen LogP contribution in [0.1, 0.15) is 10.4 Å². The molecular weight excluding hydrogens is 262 g/mol. The molecule has 0 spiro atoms. The third kappa shape index (κ3) is 1.99. The van der Waals surface area contributed by atoms with Crippen molar-refractivity contribution in [2.75, 3.05) is 12.8 Å². The molecule has 0 aliphatic heterocycles. The maximum atomic E-state index is 12.1. The number of hydrogen-bond acceptors (Lipinski definition) is 5. The van der Waals surface area contributed by atoms with Crippen LogP contribution in [-0.2, 0) is 7.05 Å². The van der Waals surface area contributed by atoms with E-state index in [0.717, 1.165) is 9.13 Å². The number of benzene rings is 1. The number of nitrogens with zero attached hydrogens (tertiary/aromatic N) is 2. The van der Waals surface area contributed by atoms with Crippen LogP contribution in [0.25, 0.3) is 5.69 Å². The first kappa shape index (κ1) is 13.6. The van der Waals surface area contributed by atoms with Gasteiger partial charge in [-0.1, -0.05) is 0 Å². The highest BCUT2D eigenvalue weighted by molar-refractivity contribution is 5.81. The first-order valence-corrected chi connectivity index (χ1v) is 5.72. The van der Waals surface area contributed by atoms with E-state index >= 15 is 0 Å². The minimum absolute atomic E-state index is 0.182. The molecule has 104 valence electrons. The summed E-state index contributed by atoms with van der Waals surface area (Å²) in [5.41, 5.74) is 4.61. The number of nitrogen functional groups attached to an aromatic ring is 1. The first-order chi connectivity index (χ1) is 9.51. The molecular formula is C13H13N3O4. The Morgan fingerprint density at radius 3 is 2.30 bits per heavy atom. The molecule has 1 aromatic carbocycles. The Hall–Kier alpha value is -2.83. The van der Waals surface area contributed by atoms with Gasteiger partial charge in [0, 0.05) is 7.05 Å². The number of carbonyl (C=O) groups is 1. The van der Waals surface area contributed by atoms with Gasteiger partial charge in [-0.2, -0.15) is 0 Å². The Bertz CT molecular complexity index is 772. The van der Waals surface area contributed by atoms with E-state index in [0.29, 0.717) is 17.7 Å². The number of carbonyl (C=O) groups excluding carboxylic acids is 1. The number of anilines is 1. The van der Waals surface area contributed by atoms with E-state index < -0.39 is 11.2 Å². The number of ether oxygens (including phenoxy) is 1. The molecule has 0 radical (unpaired) electrons. The molecule has 0 amide bonds. The molecule has 1 aromatic heterocycles. The Balaban J connectivity index is 2.79. The van der Waals surface area contributed by atoms with Crippen LogP contribution >= 0.6 is 0 Å². The Kier molecular flexibility index (Phi) is 3.43. The highest BCUT2D eigenvalue weighted by atomic mass is 16.5. The number of methoxy groups -OCH3 is 1. The van der Waals surface area contributed by atoms with Gasteiger partial charge in [0.05, 0.1) is 12.8 Å². The molecule has 0 atom stereocenters. The molecule has 2 rings (SSSR count). The topological polar surface area (TPSA) is 96.3 Å². The number of hydrogen-bond donors (Lipinski definition) is 1. The first-order valence-electron chi connectivity index (χ1n) is 5.72. The minimum atomic E-state index is -0.715. The van der Waals surface area contributed by atoms with Gasteiger partial charge in [-0.3, -0.25) is 14.2 Å². The predicted octanol–water partition coefficient (Wildman–Crippen LogP) is -0.0605. The van der Waals surface area contributed by atoms with E-state index in [4.69, 9.17) is 10.5 Å². The second-order valence-corrected chi connectivity index (χ2v) is 4.10. The van der Waals surface area contributed by atoms with E-state index in [1.807, 2.05) is 0 Å². The largest absolute Gasteiger partial charge is 0.497 e. The molecule has 0 aliphatic rings. The van der Waals surface area contributed by atoms with Gasteiger partial charge in [0.1, 0.15) is 17.1 Å². The van der Waals surface area contributed by atoms with Crippen molar-refractivity contribution in [1.29, 1.82) is 0 Å². The molecule has 0 saturated heterocycles. The van der Waals surface area contributed by atoms with Crippen LogP contribution in [0.2, 0.25) is 0 Å². The van der Waals surface area contributed by atoms with Gasteiger partial charge in [-0.05, 0) is 24.3 Å². The van der Waals surface area contributed by atoms with Gasteiger partial charge in [-0.25, -0.2) is 9.36 Å². The van der Waals surface area contributed by atoms with Crippen LogP contribution in [0, 0.1) is 0 Å². The maximum Gasteiger partial charge on any atom is 0.336 e. The van der Waals surface area contributed by atoms with Crippen molar-refractivity contribution in [3.05, 3.63) is 50.7 Å². The third-order valence-electron chi connectivity index (χ3n) is 2.98. The molecule has 0 bridgehead atoms. The van der Waals surface area contributed by atoms with Gasteiger partial charge < -0.3 is 10.5 Å². The van der Waals surface area contributed by atoms with E-state index in [2.05, 4.69) is 0 Å². The highest BCUT2D eigenvalue weighted by Crippen LogP contribution is 2.16. The lowest BCUT2D eigenvalue weighted by Gasteiger charge is -2.13. The van der Waals surface area contributed by atoms with Crippen molar-refractivity contribution in [3.8, 4) is 11.4 Å². The fourth-order valence-electron chi connectivity index (χ4n) is 1.84. The second-order valence-electron chi connectivity index (χ2n) is 4.10. The van der Waals surface area contributed by atoms with Crippen LogP contribution in [0.4, 0.5) is 5.82 Å². The average molecular weight is 275 g/mol.